The molecule has 8 nitrogen and oxygen atoms in total. The fourth-order valence-electron chi connectivity index (χ4n) is 10.8. The summed E-state index contributed by atoms with van der Waals surface area (Å²) in [6.45, 7) is 0. The van der Waals surface area contributed by atoms with Crippen molar-refractivity contribution in [2.75, 3.05) is 4.90 Å². The molecule has 0 bridgehead atoms. The van der Waals surface area contributed by atoms with Crippen molar-refractivity contribution in [2.24, 2.45) is 23.7 Å². The number of aromatic nitrogens is 1. The molecule has 1 saturated heterocycles. The molecule has 6 unspecified atom stereocenters. The van der Waals surface area contributed by atoms with Crippen LogP contribution in [0.2, 0.25) is 0 Å². The fraction of sp³-hybridized carbons (Fsp3) is 0.157. The average Bonchev–Trinajstić information content (AvgIpc) is 3.83. The van der Waals surface area contributed by atoms with E-state index in [1.807, 2.05) is 121 Å². The molecule has 1 aliphatic heterocycles. The molecule has 59 heavy (non-hydrogen) atoms. The van der Waals surface area contributed by atoms with Gasteiger partial charge in [-0.15, -0.1) is 0 Å². The number of Topliss-reactive ketones (excluding diaryl/α,β-unsaturated/α-hetero) is 1. The van der Waals surface area contributed by atoms with E-state index in [0.717, 1.165) is 21.9 Å². The zero-order chi connectivity index (χ0) is 40.0. The largest absolute Gasteiger partial charge is 0.508 e. The van der Waals surface area contributed by atoms with E-state index in [9.17, 15) is 14.7 Å². The van der Waals surface area contributed by atoms with Crippen molar-refractivity contribution in [1.29, 1.82) is 0 Å². The monoisotopic (exact) mass is 772 g/mol. The number of aromatic hydroxyl groups is 1. The topological polar surface area (TPSA) is 118 Å². The standard InChI is InChI=1S/C51H36N2O6/c54-41-26-21-30-13-7-8-16-34(30)45(41)46-35-24-25-36-44(50(58)53(49(36)57)33-22-19-31(20-23-33)48-52-40-17-9-10-18-42(40)59-48)38(35)27-39-47(56)37(29-11-3-1-4-12-29)28-43(55)51(39,46)32-14-5-2-6-15-32/h1-24,26,28,36,38-39,44,46,54H,25,27H2. The van der Waals surface area contributed by atoms with Gasteiger partial charge in [-0.2, -0.15) is 0 Å². The van der Waals surface area contributed by atoms with Gasteiger partial charge in [-0.05, 0) is 89.2 Å². The van der Waals surface area contributed by atoms with Crippen LogP contribution in [-0.2, 0) is 24.6 Å². The number of carbonyl (C=O) groups is 4. The number of benzene rings is 6. The number of hydrogen-bond donors (Lipinski definition) is 1. The Morgan fingerprint density at radius 1 is 0.695 bits per heavy atom. The van der Waals surface area contributed by atoms with Gasteiger partial charge in [0, 0.05) is 28.5 Å². The maximum atomic E-state index is 15.5. The molecule has 2 fully saturated rings. The second-order valence-electron chi connectivity index (χ2n) is 16.1. The maximum absolute atomic E-state index is 15.5. The number of carbonyl (C=O) groups excluding carboxylic acids is 4. The first kappa shape index (κ1) is 35.0. The number of amides is 2. The lowest BCUT2D eigenvalue weighted by Gasteiger charge is -2.55. The van der Waals surface area contributed by atoms with Gasteiger partial charge < -0.3 is 9.52 Å². The summed E-state index contributed by atoms with van der Waals surface area (Å²) in [6, 6.07) is 44.4. The molecular weight excluding hydrogens is 737 g/mol. The zero-order valence-electron chi connectivity index (χ0n) is 31.7. The van der Waals surface area contributed by atoms with Gasteiger partial charge in [0.15, 0.2) is 17.1 Å². The highest BCUT2D eigenvalue weighted by atomic mass is 16.3. The van der Waals surface area contributed by atoms with E-state index in [1.165, 1.54) is 11.0 Å². The molecule has 2 amide bonds. The number of rotatable bonds is 5. The highest BCUT2D eigenvalue weighted by Crippen LogP contribution is 2.65. The number of oxazole rings is 1. The Hall–Kier alpha value is -7.19. The molecule has 0 spiro atoms. The van der Waals surface area contributed by atoms with Crippen LogP contribution in [0, 0.1) is 23.7 Å². The van der Waals surface area contributed by atoms with Gasteiger partial charge in [0.2, 0.25) is 17.7 Å². The predicted octanol–water partition coefficient (Wildman–Crippen LogP) is 9.38. The SMILES string of the molecule is O=C1C(c2ccccc2)=CC(=O)C2(c3ccccc3)C1CC1C(=CCC3C(=O)N(c4ccc(-c5nc6ccccc6o5)cc4)C(=O)C31)C2c1c(O)ccc2ccccc12. The Morgan fingerprint density at radius 2 is 1.41 bits per heavy atom. The van der Waals surface area contributed by atoms with E-state index in [1.54, 1.807) is 30.3 Å². The van der Waals surface area contributed by atoms with E-state index >= 15 is 9.59 Å². The Bertz CT molecular complexity index is 2930. The number of phenols is 1. The molecule has 7 aromatic rings. The third-order valence-corrected chi connectivity index (χ3v) is 13.3. The molecular formula is C51H36N2O6. The Kier molecular flexibility index (Phi) is 7.82. The molecule has 4 aliphatic rings. The smallest absolute Gasteiger partial charge is 0.238 e. The molecule has 2 heterocycles. The van der Waals surface area contributed by atoms with E-state index in [0.29, 0.717) is 45.0 Å². The second kappa shape index (κ2) is 13.2. The van der Waals surface area contributed by atoms with Crippen molar-refractivity contribution >= 4 is 56.5 Å². The molecule has 286 valence electrons. The van der Waals surface area contributed by atoms with E-state index < -0.39 is 35.0 Å². The molecule has 6 aromatic carbocycles. The number of anilines is 1. The van der Waals surface area contributed by atoms with Crippen LogP contribution in [-0.4, -0.2) is 33.5 Å². The summed E-state index contributed by atoms with van der Waals surface area (Å²) in [4.78, 5) is 66.1. The number of phenolic OH excluding ortho intramolecular Hbond substituents is 1. The predicted molar refractivity (Wildman–Crippen MR) is 224 cm³/mol. The number of allylic oxidation sites excluding steroid dienone is 4. The lowest BCUT2D eigenvalue weighted by atomic mass is 9.44. The molecule has 1 N–H and O–H groups in total. The molecule has 8 heteroatoms. The third kappa shape index (κ3) is 5.05. The van der Waals surface area contributed by atoms with Gasteiger partial charge in [-0.1, -0.05) is 115 Å². The Labute approximate surface area is 339 Å². The van der Waals surface area contributed by atoms with Crippen LogP contribution >= 0.6 is 0 Å². The quantitative estimate of drug-likeness (QED) is 0.137. The summed E-state index contributed by atoms with van der Waals surface area (Å²) in [7, 11) is 0. The van der Waals surface area contributed by atoms with Crippen LogP contribution in [0.15, 0.2) is 168 Å². The normalized spacial score (nSPS) is 25.1. The van der Waals surface area contributed by atoms with Crippen LogP contribution in [0.25, 0.3) is 38.9 Å². The van der Waals surface area contributed by atoms with Gasteiger partial charge in [0.1, 0.15) is 11.3 Å². The summed E-state index contributed by atoms with van der Waals surface area (Å²) in [6.07, 6.45) is 3.96. The maximum Gasteiger partial charge on any atom is 0.238 e. The van der Waals surface area contributed by atoms with Crippen molar-refractivity contribution in [3.8, 4) is 17.2 Å². The van der Waals surface area contributed by atoms with Crippen molar-refractivity contribution < 1.29 is 28.7 Å². The molecule has 6 atom stereocenters. The van der Waals surface area contributed by atoms with Crippen molar-refractivity contribution in [1.82, 2.24) is 4.98 Å². The second-order valence-corrected chi connectivity index (χ2v) is 16.1. The van der Waals surface area contributed by atoms with E-state index in [2.05, 4.69) is 4.98 Å². The highest BCUT2D eigenvalue weighted by Gasteiger charge is 2.66. The van der Waals surface area contributed by atoms with Crippen LogP contribution in [0.4, 0.5) is 5.69 Å². The first-order chi connectivity index (χ1) is 28.8. The summed E-state index contributed by atoms with van der Waals surface area (Å²) in [5.41, 5.74) is 4.03. The number of hydrogen-bond acceptors (Lipinski definition) is 7. The molecule has 1 saturated carbocycles. The molecule has 3 aliphatic carbocycles. The number of para-hydroxylation sites is 2. The van der Waals surface area contributed by atoms with Crippen molar-refractivity contribution in [3.05, 3.63) is 180 Å². The molecule has 1 aromatic heterocycles. The van der Waals surface area contributed by atoms with Crippen LogP contribution in [0.1, 0.15) is 35.4 Å². The van der Waals surface area contributed by atoms with Crippen molar-refractivity contribution in [2.45, 2.75) is 24.2 Å². The van der Waals surface area contributed by atoms with Crippen LogP contribution in [0.5, 0.6) is 5.75 Å². The summed E-state index contributed by atoms with van der Waals surface area (Å²) in [5, 5.41) is 13.6. The lowest BCUT2D eigenvalue weighted by molar-refractivity contribution is -0.135. The van der Waals surface area contributed by atoms with Gasteiger partial charge in [-0.25, -0.2) is 4.98 Å². The van der Waals surface area contributed by atoms with Crippen LogP contribution in [0.3, 0.4) is 0 Å². The van der Waals surface area contributed by atoms with Gasteiger partial charge in [-0.3, -0.25) is 24.1 Å². The number of imide groups is 1. The average molecular weight is 773 g/mol. The van der Waals surface area contributed by atoms with Crippen LogP contribution < -0.4 is 4.90 Å². The first-order valence-electron chi connectivity index (χ1n) is 20.0. The third-order valence-electron chi connectivity index (χ3n) is 13.3. The van der Waals surface area contributed by atoms with Gasteiger partial charge in [0.05, 0.1) is 22.9 Å². The van der Waals surface area contributed by atoms with Crippen molar-refractivity contribution in [3.63, 3.8) is 0 Å². The minimum Gasteiger partial charge on any atom is -0.508 e. The van der Waals surface area contributed by atoms with Gasteiger partial charge >= 0.3 is 0 Å². The number of ketones is 2. The minimum absolute atomic E-state index is 0.000927. The minimum atomic E-state index is -1.46. The lowest BCUT2D eigenvalue weighted by Crippen LogP contribution is -2.58. The summed E-state index contributed by atoms with van der Waals surface area (Å²) in [5.74, 6) is -4.44. The molecule has 11 rings (SSSR count). The summed E-state index contributed by atoms with van der Waals surface area (Å²) >= 11 is 0. The van der Waals surface area contributed by atoms with E-state index in [-0.39, 0.29) is 42.0 Å². The summed E-state index contributed by atoms with van der Waals surface area (Å²) < 4.78 is 5.98. The number of fused-ring (bicyclic) bond motifs is 6. The van der Waals surface area contributed by atoms with Gasteiger partial charge in [0.25, 0.3) is 0 Å². The Morgan fingerprint density at radius 3 is 2.19 bits per heavy atom. The fourth-order valence-corrected chi connectivity index (χ4v) is 10.8. The molecule has 0 radical (unpaired) electrons. The highest BCUT2D eigenvalue weighted by molar-refractivity contribution is 6.32. The number of nitrogens with zero attached hydrogens (tertiary/aromatic N) is 2. The first-order valence-corrected chi connectivity index (χ1v) is 20.0. The van der Waals surface area contributed by atoms with E-state index in [4.69, 9.17) is 4.42 Å². The Balaban J connectivity index is 1.08. The zero-order valence-corrected chi connectivity index (χ0v) is 31.7.